The van der Waals surface area contributed by atoms with Gasteiger partial charge in [-0.2, -0.15) is 0 Å². The average molecular weight is 559 g/mol. The van der Waals surface area contributed by atoms with E-state index in [0.717, 1.165) is 0 Å². The third-order valence-corrected chi connectivity index (χ3v) is 14.1. The van der Waals surface area contributed by atoms with E-state index in [4.69, 9.17) is 23.0 Å². The highest BCUT2D eigenvalue weighted by Gasteiger charge is 2.62. The molecule has 0 N–H and O–H groups in total. The Morgan fingerprint density at radius 2 is 1.76 bits per heavy atom. The molecule has 37 heavy (non-hydrogen) atoms. The van der Waals surface area contributed by atoms with Crippen LogP contribution in [0.15, 0.2) is 29.4 Å². The Morgan fingerprint density at radius 3 is 2.27 bits per heavy atom. The minimum atomic E-state index is -3.74. The predicted molar refractivity (Wildman–Crippen MR) is 141 cm³/mol. The van der Waals surface area contributed by atoms with Crippen molar-refractivity contribution in [1.82, 2.24) is 4.90 Å². The fourth-order valence-corrected chi connectivity index (χ4v) is 7.85. The van der Waals surface area contributed by atoms with Gasteiger partial charge in [-0.25, -0.2) is 9.18 Å². The molecule has 0 amide bonds. The normalized spacial score (nSPS) is 24.4. The summed E-state index contributed by atoms with van der Waals surface area (Å²) in [7, 11) is -6.02. The third kappa shape index (κ3) is 5.66. The lowest BCUT2D eigenvalue weighted by Gasteiger charge is -2.46. The predicted octanol–water partition coefficient (Wildman–Crippen LogP) is 5.62. The minimum absolute atomic E-state index is 0.0862. The Bertz CT molecular complexity index is 1040. The lowest BCUT2D eigenvalue weighted by Crippen LogP contribution is -2.61. The summed E-state index contributed by atoms with van der Waals surface area (Å²) in [5.41, 5.74) is -2.34. The van der Waals surface area contributed by atoms with Crippen LogP contribution in [0, 0.1) is 5.82 Å². The van der Waals surface area contributed by atoms with Crippen LogP contribution in [0.5, 0.6) is 0 Å². The smallest absolute Gasteiger partial charge is 0.380 e. The minimum Gasteiger partial charge on any atom is -0.461 e. The summed E-state index contributed by atoms with van der Waals surface area (Å²) in [6, 6.07) is 5.41. The van der Waals surface area contributed by atoms with Gasteiger partial charge < -0.3 is 27.9 Å². The first-order valence-corrected chi connectivity index (χ1v) is 17.3. The van der Waals surface area contributed by atoms with E-state index in [9.17, 15) is 13.8 Å². The summed E-state index contributed by atoms with van der Waals surface area (Å²) >= 11 is 0. The van der Waals surface area contributed by atoms with Crippen LogP contribution in [-0.2, 0) is 38.1 Å². The number of benzene rings is 1. The summed E-state index contributed by atoms with van der Waals surface area (Å²) in [6.07, 6.45) is -0.125. The van der Waals surface area contributed by atoms with Crippen molar-refractivity contribution in [2.75, 3.05) is 26.4 Å². The second-order valence-electron chi connectivity index (χ2n) is 10.6. The van der Waals surface area contributed by atoms with Gasteiger partial charge in [0, 0.05) is 12.1 Å². The van der Waals surface area contributed by atoms with Crippen molar-refractivity contribution in [1.29, 1.82) is 0 Å². The SMILES string of the molecule is CCOC(=O)[C@@]1(c2ccc(F)cc2)ON=C2C(P(=O)(OCC)OCC)C[C@H](O[Si](C)(C)C(C)(C)C)CN21. The molecule has 208 valence electrons. The van der Waals surface area contributed by atoms with Crippen LogP contribution < -0.4 is 0 Å². The van der Waals surface area contributed by atoms with Gasteiger partial charge in [0.05, 0.1) is 25.9 Å². The highest BCUT2D eigenvalue weighted by molar-refractivity contribution is 7.55. The van der Waals surface area contributed by atoms with Gasteiger partial charge in [0.2, 0.25) is 0 Å². The zero-order valence-electron chi connectivity index (χ0n) is 23.1. The molecular formula is C25H40FN2O7PSi. The van der Waals surface area contributed by atoms with Gasteiger partial charge in [-0.1, -0.05) is 25.9 Å². The highest BCUT2D eigenvalue weighted by Crippen LogP contribution is 2.58. The van der Waals surface area contributed by atoms with Crippen LogP contribution in [0.2, 0.25) is 18.1 Å². The molecule has 0 aliphatic carbocycles. The van der Waals surface area contributed by atoms with E-state index in [1.807, 2.05) is 0 Å². The van der Waals surface area contributed by atoms with E-state index in [1.54, 1.807) is 25.7 Å². The third-order valence-electron chi connectivity index (χ3n) is 7.15. The second-order valence-corrected chi connectivity index (χ2v) is 17.6. The van der Waals surface area contributed by atoms with Crippen molar-refractivity contribution in [2.45, 2.75) is 83.6 Å². The lowest BCUT2D eigenvalue weighted by molar-refractivity contribution is -0.191. The standard InChI is InChI=1S/C25H40FN2O7PSi/c1-9-31-23(29)25(18-12-14-19(26)15-13-18)28-17-20(34-37(7,8)24(4,5)6)16-21(22(28)27-35-25)36(30,32-10-2)33-11-3/h12-15,20-21H,9-11,16-17H2,1-8H3/t20-,21?,25+/m0/s1. The van der Waals surface area contributed by atoms with Crippen molar-refractivity contribution in [3.05, 3.63) is 35.6 Å². The molecule has 12 heteroatoms. The number of hydrogen-bond donors (Lipinski definition) is 0. The van der Waals surface area contributed by atoms with Crippen molar-refractivity contribution < 1.29 is 36.8 Å². The second kappa shape index (κ2) is 11.1. The number of amidine groups is 1. The van der Waals surface area contributed by atoms with E-state index in [0.29, 0.717) is 12.0 Å². The van der Waals surface area contributed by atoms with E-state index in [1.165, 1.54) is 24.3 Å². The van der Waals surface area contributed by atoms with Crippen LogP contribution in [-0.4, -0.2) is 63.2 Å². The molecule has 0 bridgehead atoms. The first kappa shape index (κ1) is 29.8. The molecule has 1 aromatic carbocycles. The van der Waals surface area contributed by atoms with Gasteiger partial charge in [-0.3, -0.25) is 4.57 Å². The molecule has 1 saturated heterocycles. The van der Waals surface area contributed by atoms with Gasteiger partial charge in [-0.05, 0) is 69.6 Å². The van der Waals surface area contributed by atoms with Crippen LogP contribution in [0.1, 0.15) is 53.5 Å². The van der Waals surface area contributed by atoms with E-state index in [-0.39, 0.29) is 37.2 Å². The van der Waals surface area contributed by atoms with Crippen molar-refractivity contribution in [2.24, 2.45) is 5.16 Å². The maximum Gasteiger partial charge on any atom is 0.380 e. The molecule has 3 rings (SSSR count). The maximum atomic E-state index is 14.1. The summed E-state index contributed by atoms with van der Waals surface area (Å²) in [4.78, 5) is 21.1. The Morgan fingerprint density at radius 1 is 1.16 bits per heavy atom. The van der Waals surface area contributed by atoms with Crippen LogP contribution in [0.3, 0.4) is 0 Å². The molecule has 0 saturated carbocycles. The molecule has 2 aliphatic rings. The molecule has 2 heterocycles. The maximum absolute atomic E-state index is 14.1. The van der Waals surface area contributed by atoms with Crippen molar-refractivity contribution in [3.8, 4) is 0 Å². The zero-order valence-corrected chi connectivity index (χ0v) is 25.0. The molecular weight excluding hydrogens is 518 g/mol. The summed E-state index contributed by atoms with van der Waals surface area (Å²) in [6.45, 7) is 16.5. The van der Waals surface area contributed by atoms with Gasteiger partial charge in [0.15, 0.2) is 14.2 Å². The summed E-state index contributed by atoms with van der Waals surface area (Å²) in [5.74, 6) is -0.915. The fraction of sp³-hybridized carbons (Fsp3) is 0.680. The number of rotatable bonds is 10. The number of piperidine rings is 1. The van der Waals surface area contributed by atoms with E-state index in [2.05, 4.69) is 39.0 Å². The number of fused-ring (bicyclic) bond motifs is 1. The number of carbonyl (C=O) groups excluding carboxylic acids is 1. The van der Waals surface area contributed by atoms with Gasteiger partial charge in [0.1, 0.15) is 11.5 Å². The molecule has 1 aromatic rings. The van der Waals surface area contributed by atoms with Gasteiger partial charge >= 0.3 is 19.3 Å². The Kier molecular flexibility index (Phi) is 8.96. The molecule has 1 unspecified atom stereocenters. The largest absolute Gasteiger partial charge is 0.461 e. The van der Waals surface area contributed by atoms with Gasteiger partial charge in [0.25, 0.3) is 0 Å². The van der Waals surface area contributed by atoms with Crippen LogP contribution >= 0.6 is 7.60 Å². The summed E-state index contributed by atoms with van der Waals surface area (Å²) < 4.78 is 51.6. The number of nitrogens with zero attached hydrogens (tertiary/aromatic N) is 2. The molecule has 0 aromatic heterocycles. The van der Waals surface area contributed by atoms with Crippen LogP contribution in [0.25, 0.3) is 0 Å². The molecule has 3 atom stereocenters. The van der Waals surface area contributed by atoms with Crippen molar-refractivity contribution >= 4 is 27.7 Å². The first-order chi connectivity index (χ1) is 17.3. The van der Waals surface area contributed by atoms with Crippen molar-refractivity contribution in [3.63, 3.8) is 0 Å². The Balaban J connectivity index is 2.16. The number of oxime groups is 1. The number of ether oxygens (including phenoxy) is 1. The van der Waals surface area contributed by atoms with E-state index < -0.39 is 45.2 Å². The topological polar surface area (TPSA) is 95.9 Å². The summed E-state index contributed by atoms with van der Waals surface area (Å²) in [5, 5.41) is 4.19. The van der Waals surface area contributed by atoms with Gasteiger partial charge in [-0.15, -0.1) is 0 Å². The number of esters is 1. The molecule has 0 radical (unpaired) electrons. The van der Waals surface area contributed by atoms with Crippen LogP contribution in [0.4, 0.5) is 4.39 Å². The monoisotopic (exact) mass is 558 g/mol. The Labute approximate surface area is 220 Å². The number of carbonyl (C=O) groups is 1. The molecule has 0 spiro atoms. The lowest BCUT2D eigenvalue weighted by atomic mass is 9.96. The van der Waals surface area contributed by atoms with E-state index >= 15 is 0 Å². The Hall–Kier alpha value is -1.78. The molecule has 1 fully saturated rings. The quantitative estimate of drug-likeness (QED) is 0.208. The average Bonchev–Trinajstić information content (AvgIpc) is 3.19. The number of hydrogen-bond acceptors (Lipinski definition) is 9. The highest BCUT2D eigenvalue weighted by atomic mass is 31.2. The molecule has 9 nitrogen and oxygen atoms in total. The fourth-order valence-electron chi connectivity index (χ4n) is 4.37. The molecule has 2 aliphatic heterocycles. The first-order valence-electron chi connectivity index (χ1n) is 12.8. The number of halogens is 1. The zero-order chi connectivity index (χ0) is 27.6.